The monoisotopic (exact) mass is 174 g/mol. The molecule has 0 saturated carbocycles. The Morgan fingerprint density at radius 1 is 1.50 bits per heavy atom. The molecule has 0 fully saturated rings. The van der Waals surface area contributed by atoms with Crippen LogP contribution in [0, 0.1) is 5.41 Å². The average molecular weight is 174 g/mol. The van der Waals surface area contributed by atoms with Gasteiger partial charge in [-0.2, -0.15) is 0 Å². The first-order valence-corrected chi connectivity index (χ1v) is 4.57. The fraction of sp³-hybridized carbons (Fsp3) is 1.00. The van der Waals surface area contributed by atoms with Crippen molar-refractivity contribution in [1.29, 1.82) is 0 Å². The van der Waals surface area contributed by atoms with Crippen LogP contribution in [-0.4, -0.2) is 43.3 Å². The van der Waals surface area contributed by atoms with Crippen molar-refractivity contribution >= 4 is 0 Å². The van der Waals surface area contributed by atoms with E-state index in [9.17, 15) is 0 Å². The fourth-order valence-corrected chi connectivity index (χ4v) is 1.22. The van der Waals surface area contributed by atoms with Gasteiger partial charge in [0.05, 0.1) is 6.61 Å². The van der Waals surface area contributed by atoms with Crippen LogP contribution >= 0.6 is 0 Å². The summed E-state index contributed by atoms with van der Waals surface area (Å²) >= 11 is 0. The highest BCUT2D eigenvalue weighted by atomic mass is 16.3. The molecule has 0 radical (unpaired) electrons. The topological polar surface area (TPSA) is 49.5 Å². The predicted octanol–water partition coefficient (Wildman–Crippen LogP) is 0.285. The molecule has 0 bridgehead atoms. The molecule has 0 aliphatic heterocycles. The van der Waals surface area contributed by atoms with Crippen LogP contribution in [0.3, 0.4) is 0 Å². The number of hydrogen-bond acceptors (Lipinski definition) is 3. The third-order valence-electron chi connectivity index (χ3n) is 2.48. The Kier molecular flexibility index (Phi) is 5.46. The summed E-state index contributed by atoms with van der Waals surface area (Å²) in [6.45, 7) is 6.96. The molecule has 0 aliphatic rings. The molecule has 1 atom stereocenters. The number of nitrogens with zero attached hydrogens (tertiary/aromatic N) is 1. The number of aliphatic hydroxyl groups excluding tert-OH is 1. The molecular weight excluding hydrogens is 152 g/mol. The summed E-state index contributed by atoms with van der Waals surface area (Å²) in [5, 5.41) is 8.71. The fourth-order valence-electron chi connectivity index (χ4n) is 1.22. The zero-order valence-electron chi connectivity index (χ0n) is 8.51. The molecule has 74 valence electrons. The molecule has 0 aromatic carbocycles. The summed E-state index contributed by atoms with van der Waals surface area (Å²) in [5.41, 5.74) is 5.87. The van der Waals surface area contributed by atoms with Gasteiger partial charge in [0.2, 0.25) is 0 Å². The van der Waals surface area contributed by atoms with E-state index in [0.717, 1.165) is 19.5 Å². The van der Waals surface area contributed by atoms with Gasteiger partial charge in [-0.1, -0.05) is 13.8 Å². The largest absolute Gasteiger partial charge is 0.395 e. The molecular formula is C9H22N2O. The molecule has 0 saturated heterocycles. The molecule has 0 spiro atoms. The van der Waals surface area contributed by atoms with Crippen LogP contribution in [-0.2, 0) is 0 Å². The van der Waals surface area contributed by atoms with E-state index in [-0.39, 0.29) is 12.0 Å². The smallest absolute Gasteiger partial charge is 0.0558 e. The van der Waals surface area contributed by atoms with Gasteiger partial charge < -0.3 is 15.7 Å². The predicted molar refractivity (Wildman–Crippen MR) is 52.0 cm³/mol. The zero-order valence-corrected chi connectivity index (χ0v) is 8.51. The maximum atomic E-state index is 8.71. The molecule has 0 amide bonds. The van der Waals surface area contributed by atoms with Crippen LogP contribution in [0.15, 0.2) is 0 Å². The molecule has 0 aromatic rings. The molecule has 3 nitrogen and oxygen atoms in total. The SMILES string of the molecule is CCC(C)(CN)CN(C)CCO. The van der Waals surface area contributed by atoms with Gasteiger partial charge in [-0.25, -0.2) is 0 Å². The summed E-state index contributed by atoms with van der Waals surface area (Å²) in [6.07, 6.45) is 1.08. The minimum absolute atomic E-state index is 0.198. The quantitative estimate of drug-likeness (QED) is 0.608. The Hall–Kier alpha value is -0.120. The van der Waals surface area contributed by atoms with E-state index in [1.54, 1.807) is 0 Å². The van der Waals surface area contributed by atoms with E-state index in [1.807, 2.05) is 7.05 Å². The van der Waals surface area contributed by atoms with Crippen LogP contribution in [0.5, 0.6) is 0 Å². The van der Waals surface area contributed by atoms with E-state index in [4.69, 9.17) is 10.8 Å². The van der Waals surface area contributed by atoms with Crippen molar-refractivity contribution in [3.63, 3.8) is 0 Å². The van der Waals surface area contributed by atoms with Gasteiger partial charge in [-0.3, -0.25) is 0 Å². The number of nitrogens with two attached hydrogens (primary N) is 1. The van der Waals surface area contributed by atoms with Crippen molar-refractivity contribution in [2.24, 2.45) is 11.1 Å². The molecule has 0 aliphatic carbocycles. The maximum absolute atomic E-state index is 8.71. The summed E-state index contributed by atoms with van der Waals surface area (Å²) < 4.78 is 0. The summed E-state index contributed by atoms with van der Waals surface area (Å²) in [7, 11) is 2.01. The van der Waals surface area contributed by atoms with Gasteiger partial charge in [-0.05, 0) is 25.4 Å². The lowest BCUT2D eigenvalue weighted by Crippen LogP contribution is -2.39. The van der Waals surface area contributed by atoms with Crippen molar-refractivity contribution < 1.29 is 5.11 Å². The summed E-state index contributed by atoms with van der Waals surface area (Å²) in [4.78, 5) is 2.12. The van der Waals surface area contributed by atoms with Crippen LogP contribution in [0.4, 0.5) is 0 Å². The third kappa shape index (κ3) is 4.04. The minimum Gasteiger partial charge on any atom is -0.395 e. The molecule has 1 unspecified atom stereocenters. The first-order chi connectivity index (χ1) is 5.58. The van der Waals surface area contributed by atoms with Crippen molar-refractivity contribution in [2.75, 3.05) is 33.3 Å². The molecule has 12 heavy (non-hydrogen) atoms. The van der Waals surface area contributed by atoms with Gasteiger partial charge in [0.25, 0.3) is 0 Å². The molecule has 3 heteroatoms. The van der Waals surface area contributed by atoms with Crippen molar-refractivity contribution in [3.05, 3.63) is 0 Å². The number of hydrogen-bond donors (Lipinski definition) is 2. The van der Waals surface area contributed by atoms with E-state index < -0.39 is 0 Å². The summed E-state index contributed by atoms with van der Waals surface area (Å²) in [5.74, 6) is 0. The first-order valence-electron chi connectivity index (χ1n) is 4.57. The number of rotatable bonds is 6. The molecule has 3 N–H and O–H groups in total. The van der Waals surface area contributed by atoms with E-state index in [0.29, 0.717) is 6.54 Å². The van der Waals surface area contributed by atoms with E-state index in [1.165, 1.54) is 0 Å². The molecule has 0 aromatic heterocycles. The minimum atomic E-state index is 0.198. The van der Waals surface area contributed by atoms with Crippen LogP contribution in [0.1, 0.15) is 20.3 Å². The highest BCUT2D eigenvalue weighted by Crippen LogP contribution is 2.19. The lowest BCUT2D eigenvalue weighted by atomic mass is 9.87. The van der Waals surface area contributed by atoms with Gasteiger partial charge in [0.15, 0.2) is 0 Å². The van der Waals surface area contributed by atoms with Crippen LogP contribution in [0.2, 0.25) is 0 Å². The molecule has 0 rings (SSSR count). The zero-order chi connectivity index (χ0) is 9.61. The van der Waals surface area contributed by atoms with Gasteiger partial charge in [0.1, 0.15) is 0 Å². The standard InChI is InChI=1S/C9H22N2O/c1-4-9(2,7-10)8-11(3)5-6-12/h12H,4-8,10H2,1-3H3. The normalized spacial score (nSPS) is 16.5. The first kappa shape index (κ1) is 11.9. The second-order valence-electron chi connectivity index (χ2n) is 3.83. The van der Waals surface area contributed by atoms with Crippen molar-refractivity contribution in [1.82, 2.24) is 4.90 Å². The second kappa shape index (κ2) is 5.51. The second-order valence-corrected chi connectivity index (χ2v) is 3.83. The lowest BCUT2D eigenvalue weighted by molar-refractivity contribution is 0.159. The van der Waals surface area contributed by atoms with Gasteiger partial charge in [-0.15, -0.1) is 0 Å². The maximum Gasteiger partial charge on any atom is 0.0558 e. The Balaban J connectivity index is 3.84. The third-order valence-corrected chi connectivity index (χ3v) is 2.48. The Morgan fingerprint density at radius 2 is 2.08 bits per heavy atom. The Morgan fingerprint density at radius 3 is 2.42 bits per heavy atom. The van der Waals surface area contributed by atoms with Gasteiger partial charge >= 0.3 is 0 Å². The van der Waals surface area contributed by atoms with Crippen molar-refractivity contribution in [3.8, 4) is 0 Å². The van der Waals surface area contributed by atoms with Crippen LogP contribution in [0.25, 0.3) is 0 Å². The highest BCUT2D eigenvalue weighted by Gasteiger charge is 2.21. The van der Waals surface area contributed by atoms with E-state index >= 15 is 0 Å². The number of aliphatic hydroxyl groups is 1. The van der Waals surface area contributed by atoms with Crippen LogP contribution < -0.4 is 5.73 Å². The Labute approximate surface area is 75.6 Å². The highest BCUT2D eigenvalue weighted by molar-refractivity contribution is 4.76. The molecule has 0 heterocycles. The average Bonchev–Trinajstić information content (AvgIpc) is 2.05. The Bertz CT molecular complexity index is 113. The van der Waals surface area contributed by atoms with Crippen molar-refractivity contribution in [2.45, 2.75) is 20.3 Å². The lowest BCUT2D eigenvalue weighted by Gasteiger charge is -2.31. The van der Waals surface area contributed by atoms with E-state index in [2.05, 4.69) is 18.7 Å². The number of likely N-dealkylation sites (N-methyl/N-ethyl adjacent to an activating group) is 1. The summed E-state index contributed by atoms with van der Waals surface area (Å²) in [6, 6.07) is 0. The van der Waals surface area contributed by atoms with Gasteiger partial charge in [0, 0.05) is 13.1 Å².